The SMILES string of the molecule is CC(C)C(C(=O)NN)N1CCn2c(nnc2C(F)(F)F)C1. The number of nitrogens with zero attached hydrogens (tertiary/aromatic N) is 4. The van der Waals surface area contributed by atoms with Gasteiger partial charge in [0, 0.05) is 13.1 Å². The van der Waals surface area contributed by atoms with Crippen LogP contribution in [0.3, 0.4) is 0 Å². The molecule has 118 valence electrons. The third kappa shape index (κ3) is 3.00. The lowest BCUT2D eigenvalue weighted by Gasteiger charge is -2.35. The van der Waals surface area contributed by atoms with Gasteiger partial charge in [-0.05, 0) is 5.92 Å². The highest BCUT2D eigenvalue weighted by Crippen LogP contribution is 2.30. The maximum absolute atomic E-state index is 12.8. The molecule has 1 amide bonds. The Bertz CT molecular complexity index is 527. The number of amides is 1. The summed E-state index contributed by atoms with van der Waals surface area (Å²) in [5, 5.41) is 6.80. The third-order valence-electron chi connectivity index (χ3n) is 3.47. The molecule has 2 heterocycles. The van der Waals surface area contributed by atoms with Crippen LogP contribution in [0.2, 0.25) is 0 Å². The van der Waals surface area contributed by atoms with E-state index < -0.39 is 18.0 Å². The van der Waals surface area contributed by atoms with Gasteiger partial charge in [0.25, 0.3) is 5.91 Å². The van der Waals surface area contributed by atoms with Crippen LogP contribution >= 0.6 is 0 Å². The standard InChI is InChI=1S/C11H17F3N6O/c1-6(2)8(9(21)16-15)19-3-4-20-7(5-19)17-18-10(20)11(12,13)14/h6,8H,3-5,15H2,1-2H3,(H,16,21). The molecule has 0 aliphatic carbocycles. The molecule has 1 atom stereocenters. The van der Waals surface area contributed by atoms with E-state index >= 15 is 0 Å². The number of nitrogens with two attached hydrogens (primary N) is 1. The Kier molecular flexibility index (Phi) is 4.19. The maximum atomic E-state index is 12.8. The smallest absolute Gasteiger partial charge is 0.305 e. The van der Waals surface area contributed by atoms with E-state index in [9.17, 15) is 18.0 Å². The van der Waals surface area contributed by atoms with Crippen molar-refractivity contribution in [2.24, 2.45) is 11.8 Å². The van der Waals surface area contributed by atoms with E-state index in [1.807, 2.05) is 13.8 Å². The van der Waals surface area contributed by atoms with Gasteiger partial charge in [-0.3, -0.25) is 15.1 Å². The van der Waals surface area contributed by atoms with Gasteiger partial charge in [0.2, 0.25) is 5.82 Å². The highest BCUT2D eigenvalue weighted by atomic mass is 19.4. The van der Waals surface area contributed by atoms with E-state index in [0.29, 0.717) is 6.54 Å². The van der Waals surface area contributed by atoms with E-state index in [1.165, 1.54) is 0 Å². The Morgan fingerprint density at radius 3 is 2.52 bits per heavy atom. The zero-order chi connectivity index (χ0) is 15.8. The number of carbonyl (C=O) groups excluding carboxylic acids is 1. The first-order valence-electron chi connectivity index (χ1n) is 6.49. The Morgan fingerprint density at radius 2 is 2.00 bits per heavy atom. The average Bonchev–Trinajstić information content (AvgIpc) is 2.81. The summed E-state index contributed by atoms with van der Waals surface area (Å²) in [7, 11) is 0. The van der Waals surface area contributed by atoms with Gasteiger partial charge in [0.05, 0.1) is 12.6 Å². The first kappa shape index (κ1) is 15.7. The molecule has 1 aliphatic rings. The third-order valence-corrected chi connectivity index (χ3v) is 3.47. The monoisotopic (exact) mass is 306 g/mol. The Balaban J connectivity index is 2.23. The van der Waals surface area contributed by atoms with Crippen molar-refractivity contribution in [2.45, 2.75) is 39.2 Å². The number of alkyl halides is 3. The molecule has 0 aromatic carbocycles. The van der Waals surface area contributed by atoms with Crippen LogP contribution in [0.15, 0.2) is 0 Å². The van der Waals surface area contributed by atoms with Crippen molar-refractivity contribution in [1.82, 2.24) is 25.1 Å². The lowest BCUT2D eigenvalue weighted by atomic mass is 10.0. The van der Waals surface area contributed by atoms with Crippen LogP contribution in [0.25, 0.3) is 0 Å². The largest absolute Gasteiger partial charge is 0.451 e. The van der Waals surface area contributed by atoms with Gasteiger partial charge >= 0.3 is 6.18 Å². The van der Waals surface area contributed by atoms with E-state index in [1.54, 1.807) is 4.90 Å². The fourth-order valence-electron chi connectivity index (χ4n) is 2.60. The summed E-state index contributed by atoms with van der Waals surface area (Å²) in [5.41, 5.74) is 2.09. The summed E-state index contributed by atoms with van der Waals surface area (Å²) in [4.78, 5) is 13.6. The number of carbonyl (C=O) groups is 1. The number of halogens is 3. The Labute approximate surface area is 119 Å². The number of hydrogen-bond acceptors (Lipinski definition) is 5. The predicted octanol–water partition coefficient (Wildman–Crippen LogP) is 0.127. The van der Waals surface area contributed by atoms with Gasteiger partial charge in [-0.2, -0.15) is 13.2 Å². The van der Waals surface area contributed by atoms with Gasteiger partial charge in [0.15, 0.2) is 0 Å². The zero-order valence-electron chi connectivity index (χ0n) is 11.7. The second kappa shape index (κ2) is 5.60. The van der Waals surface area contributed by atoms with Crippen LogP contribution in [-0.4, -0.2) is 38.2 Å². The van der Waals surface area contributed by atoms with Crippen molar-refractivity contribution in [2.75, 3.05) is 6.54 Å². The van der Waals surface area contributed by atoms with Crippen molar-refractivity contribution in [3.63, 3.8) is 0 Å². The molecule has 3 N–H and O–H groups in total. The van der Waals surface area contributed by atoms with Crippen LogP contribution in [0, 0.1) is 5.92 Å². The first-order chi connectivity index (χ1) is 9.75. The molecular weight excluding hydrogens is 289 g/mol. The van der Waals surface area contributed by atoms with Gasteiger partial charge in [0.1, 0.15) is 5.82 Å². The molecule has 0 fully saturated rings. The molecular formula is C11H17F3N6O. The van der Waals surface area contributed by atoms with E-state index in [4.69, 9.17) is 5.84 Å². The van der Waals surface area contributed by atoms with Crippen molar-refractivity contribution in [3.05, 3.63) is 11.6 Å². The predicted molar refractivity (Wildman–Crippen MR) is 66.4 cm³/mol. The summed E-state index contributed by atoms with van der Waals surface area (Å²) in [6.07, 6.45) is -4.53. The number of nitrogens with one attached hydrogen (secondary N) is 1. The molecule has 0 bridgehead atoms. The summed E-state index contributed by atoms with van der Waals surface area (Å²) < 4.78 is 39.3. The molecule has 10 heteroatoms. The van der Waals surface area contributed by atoms with Crippen molar-refractivity contribution in [1.29, 1.82) is 0 Å². The maximum Gasteiger partial charge on any atom is 0.451 e. The number of hydrogen-bond donors (Lipinski definition) is 2. The van der Waals surface area contributed by atoms with Crippen molar-refractivity contribution >= 4 is 5.91 Å². The topological polar surface area (TPSA) is 89.1 Å². The highest BCUT2D eigenvalue weighted by molar-refractivity contribution is 5.81. The molecule has 1 unspecified atom stereocenters. The van der Waals surface area contributed by atoms with Crippen molar-refractivity contribution < 1.29 is 18.0 Å². The highest BCUT2D eigenvalue weighted by Gasteiger charge is 2.40. The first-order valence-corrected chi connectivity index (χ1v) is 6.49. The fraction of sp³-hybridized carbons (Fsp3) is 0.727. The van der Waals surface area contributed by atoms with Crippen LogP contribution in [-0.2, 0) is 24.1 Å². The average molecular weight is 306 g/mol. The quantitative estimate of drug-likeness (QED) is 0.471. The molecule has 0 radical (unpaired) electrons. The Morgan fingerprint density at radius 1 is 1.33 bits per heavy atom. The second-order valence-corrected chi connectivity index (χ2v) is 5.26. The lowest BCUT2D eigenvalue weighted by molar-refractivity contribution is -0.148. The number of rotatable bonds is 3. The summed E-state index contributed by atoms with van der Waals surface area (Å²) in [6, 6.07) is -0.519. The van der Waals surface area contributed by atoms with Gasteiger partial charge in [-0.15, -0.1) is 10.2 Å². The van der Waals surface area contributed by atoms with Crippen LogP contribution < -0.4 is 11.3 Å². The number of aromatic nitrogens is 3. The summed E-state index contributed by atoms with van der Waals surface area (Å²) >= 11 is 0. The molecule has 0 saturated carbocycles. The zero-order valence-corrected chi connectivity index (χ0v) is 11.7. The lowest BCUT2D eigenvalue weighted by Crippen LogP contribution is -2.53. The number of hydrazine groups is 1. The van der Waals surface area contributed by atoms with E-state index in [0.717, 1.165) is 4.57 Å². The Hall–Kier alpha value is -1.68. The normalized spacial score (nSPS) is 17.7. The molecule has 2 rings (SSSR count). The minimum Gasteiger partial charge on any atom is -0.305 e. The minimum atomic E-state index is -4.53. The molecule has 1 aliphatic heterocycles. The second-order valence-electron chi connectivity index (χ2n) is 5.26. The molecule has 7 nitrogen and oxygen atoms in total. The summed E-state index contributed by atoms with van der Waals surface area (Å²) in [5.74, 6) is 3.96. The van der Waals surface area contributed by atoms with Gasteiger partial charge in [-0.25, -0.2) is 5.84 Å². The van der Waals surface area contributed by atoms with Crippen LogP contribution in [0.5, 0.6) is 0 Å². The molecule has 1 aromatic heterocycles. The van der Waals surface area contributed by atoms with Gasteiger partial charge in [-0.1, -0.05) is 13.8 Å². The van der Waals surface area contributed by atoms with E-state index in [2.05, 4.69) is 15.6 Å². The molecule has 1 aromatic rings. The molecule has 0 saturated heterocycles. The number of fused-ring (bicyclic) bond motifs is 1. The fourth-order valence-corrected chi connectivity index (χ4v) is 2.60. The van der Waals surface area contributed by atoms with Crippen LogP contribution in [0.4, 0.5) is 13.2 Å². The molecule has 0 spiro atoms. The summed E-state index contributed by atoms with van der Waals surface area (Å²) in [6.45, 7) is 4.20. The van der Waals surface area contributed by atoms with Gasteiger partial charge < -0.3 is 4.57 Å². The van der Waals surface area contributed by atoms with Crippen molar-refractivity contribution in [3.8, 4) is 0 Å². The van der Waals surface area contributed by atoms with E-state index in [-0.39, 0.29) is 30.7 Å². The minimum absolute atomic E-state index is 0.0369. The molecule has 21 heavy (non-hydrogen) atoms. The van der Waals surface area contributed by atoms with Crippen LogP contribution in [0.1, 0.15) is 25.5 Å².